The van der Waals surface area contributed by atoms with Gasteiger partial charge in [0.05, 0.1) is 0 Å². The van der Waals surface area contributed by atoms with Crippen molar-refractivity contribution in [3.8, 4) is 0 Å². The molecule has 21 heavy (non-hydrogen) atoms. The van der Waals surface area contributed by atoms with Gasteiger partial charge in [0, 0.05) is 26.3 Å². The Kier molecular flexibility index (Phi) is 4.49. The summed E-state index contributed by atoms with van der Waals surface area (Å²) in [5.74, 6) is 6.19. The number of anilines is 4. The van der Waals surface area contributed by atoms with Crippen molar-refractivity contribution in [3.05, 3.63) is 30.1 Å². The minimum atomic E-state index is -0.315. The van der Waals surface area contributed by atoms with Gasteiger partial charge in [-0.25, -0.2) is 10.2 Å². The van der Waals surface area contributed by atoms with Crippen molar-refractivity contribution < 1.29 is 4.39 Å². The molecular formula is C13H18FN7. The predicted molar refractivity (Wildman–Crippen MR) is 81.0 cm³/mol. The molecule has 1 aromatic carbocycles. The molecule has 2 aromatic rings. The van der Waals surface area contributed by atoms with Crippen molar-refractivity contribution in [1.29, 1.82) is 0 Å². The molecule has 0 atom stereocenters. The summed E-state index contributed by atoms with van der Waals surface area (Å²) in [5.41, 5.74) is 3.08. The zero-order chi connectivity index (χ0) is 15.4. The number of benzene rings is 1. The van der Waals surface area contributed by atoms with E-state index in [-0.39, 0.29) is 11.8 Å². The van der Waals surface area contributed by atoms with Gasteiger partial charge in [-0.15, -0.1) is 0 Å². The molecule has 7 nitrogen and oxygen atoms in total. The summed E-state index contributed by atoms with van der Waals surface area (Å²) >= 11 is 0. The topological polar surface area (TPSA) is 83.2 Å². The maximum Gasteiger partial charge on any atom is 0.243 e. The van der Waals surface area contributed by atoms with Crippen LogP contribution in [0.4, 0.5) is 27.9 Å². The molecule has 0 amide bonds. The number of hydrazine groups is 1. The van der Waals surface area contributed by atoms with Gasteiger partial charge in [0.1, 0.15) is 5.82 Å². The quantitative estimate of drug-likeness (QED) is 0.638. The number of nitrogen functional groups attached to an aromatic ring is 1. The standard InChI is InChI=1S/C13H18FN7/c1-4-21(10-7-5-6-9(14)8-10)13-17-11(19-15)16-12(18-13)20(2)3/h5-8H,4,15H2,1-3H3,(H,16,17,18,19). The van der Waals surface area contributed by atoms with Crippen molar-refractivity contribution in [2.75, 3.05) is 35.9 Å². The van der Waals surface area contributed by atoms with Crippen LogP contribution in [-0.2, 0) is 0 Å². The Morgan fingerprint density at radius 3 is 2.48 bits per heavy atom. The van der Waals surface area contributed by atoms with Crippen LogP contribution in [0.5, 0.6) is 0 Å². The second kappa shape index (κ2) is 6.31. The summed E-state index contributed by atoms with van der Waals surface area (Å²) in [6.45, 7) is 2.50. The number of nitrogens with two attached hydrogens (primary N) is 1. The third kappa shape index (κ3) is 3.34. The number of hydrogen-bond donors (Lipinski definition) is 2. The first-order valence-electron chi connectivity index (χ1n) is 6.48. The number of hydrogen-bond acceptors (Lipinski definition) is 7. The highest BCUT2D eigenvalue weighted by atomic mass is 19.1. The van der Waals surface area contributed by atoms with E-state index in [1.807, 2.05) is 21.0 Å². The number of halogens is 1. The Morgan fingerprint density at radius 2 is 1.90 bits per heavy atom. The van der Waals surface area contributed by atoms with E-state index in [4.69, 9.17) is 5.84 Å². The molecule has 1 heterocycles. The second-order valence-electron chi connectivity index (χ2n) is 4.52. The zero-order valence-electron chi connectivity index (χ0n) is 12.2. The third-order valence-corrected chi connectivity index (χ3v) is 2.82. The Balaban J connectivity index is 2.48. The first-order valence-corrected chi connectivity index (χ1v) is 6.48. The lowest BCUT2D eigenvalue weighted by Crippen LogP contribution is -2.23. The Bertz CT molecular complexity index is 617. The molecule has 0 bridgehead atoms. The molecule has 0 aliphatic carbocycles. The van der Waals surface area contributed by atoms with Crippen LogP contribution in [0.3, 0.4) is 0 Å². The zero-order valence-corrected chi connectivity index (χ0v) is 12.2. The van der Waals surface area contributed by atoms with Crippen LogP contribution >= 0.6 is 0 Å². The molecule has 0 aliphatic rings. The average molecular weight is 291 g/mol. The molecule has 0 spiro atoms. The summed E-state index contributed by atoms with van der Waals surface area (Å²) in [6.07, 6.45) is 0. The lowest BCUT2D eigenvalue weighted by Gasteiger charge is -2.22. The van der Waals surface area contributed by atoms with Crippen molar-refractivity contribution >= 4 is 23.5 Å². The van der Waals surface area contributed by atoms with Gasteiger partial charge in [0.25, 0.3) is 0 Å². The van der Waals surface area contributed by atoms with Crippen LogP contribution in [0.15, 0.2) is 24.3 Å². The lowest BCUT2D eigenvalue weighted by molar-refractivity contribution is 0.627. The first kappa shape index (κ1) is 14.9. The Morgan fingerprint density at radius 1 is 1.19 bits per heavy atom. The summed E-state index contributed by atoms with van der Waals surface area (Å²) in [7, 11) is 3.63. The molecule has 0 saturated heterocycles. The normalized spacial score (nSPS) is 10.3. The minimum absolute atomic E-state index is 0.249. The molecule has 0 saturated carbocycles. The highest BCUT2D eigenvalue weighted by Crippen LogP contribution is 2.24. The molecule has 3 N–H and O–H groups in total. The second-order valence-corrected chi connectivity index (χ2v) is 4.52. The SMILES string of the molecule is CCN(c1cccc(F)c1)c1nc(NN)nc(N(C)C)n1. The van der Waals surface area contributed by atoms with Gasteiger partial charge in [0.2, 0.25) is 17.8 Å². The molecule has 0 radical (unpaired) electrons. The van der Waals surface area contributed by atoms with Gasteiger partial charge >= 0.3 is 0 Å². The summed E-state index contributed by atoms with van der Waals surface area (Å²) in [5, 5.41) is 0. The highest BCUT2D eigenvalue weighted by Gasteiger charge is 2.15. The smallest absolute Gasteiger partial charge is 0.243 e. The molecule has 0 aliphatic heterocycles. The van der Waals surface area contributed by atoms with E-state index in [0.29, 0.717) is 24.1 Å². The largest absolute Gasteiger partial charge is 0.347 e. The van der Waals surface area contributed by atoms with Crippen LogP contribution in [0.25, 0.3) is 0 Å². The predicted octanol–water partition coefficient (Wildman–Crippen LogP) is 1.52. The van der Waals surface area contributed by atoms with E-state index in [0.717, 1.165) is 0 Å². The van der Waals surface area contributed by atoms with Crippen molar-refractivity contribution in [3.63, 3.8) is 0 Å². The number of nitrogens with zero attached hydrogens (tertiary/aromatic N) is 5. The molecule has 0 unspecified atom stereocenters. The van der Waals surface area contributed by atoms with Gasteiger partial charge in [-0.3, -0.25) is 5.43 Å². The monoisotopic (exact) mass is 291 g/mol. The number of nitrogens with one attached hydrogen (secondary N) is 1. The van der Waals surface area contributed by atoms with E-state index in [1.54, 1.807) is 21.9 Å². The fourth-order valence-electron chi connectivity index (χ4n) is 1.82. The highest BCUT2D eigenvalue weighted by molar-refractivity contribution is 5.59. The minimum Gasteiger partial charge on any atom is -0.347 e. The van der Waals surface area contributed by atoms with E-state index in [1.165, 1.54) is 12.1 Å². The molecule has 2 rings (SSSR count). The maximum atomic E-state index is 13.4. The van der Waals surface area contributed by atoms with Gasteiger partial charge in [-0.05, 0) is 25.1 Å². The van der Waals surface area contributed by atoms with E-state index in [9.17, 15) is 4.39 Å². The maximum absolute atomic E-state index is 13.4. The van der Waals surface area contributed by atoms with Crippen LogP contribution in [-0.4, -0.2) is 35.6 Å². The average Bonchev–Trinajstić information content (AvgIpc) is 2.47. The van der Waals surface area contributed by atoms with Gasteiger partial charge in [0.15, 0.2) is 0 Å². The van der Waals surface area contributed by atoms with Crippen LogP contribution in [0.2, 0.25) is 0 Å². The molecule has 8 heteroatoms. The number of rotatable bonds is 5. The fraction of sp³-hybridized carbons (Fsp3) is 0.308. The van der Waals surface area contributed by atoms with Crippen molar-refractivity contribution in [2.24, 2.45) is 5.84 Å². The van der Waals surface area contributed by atoms with Crippen molar-refractivity contribution in [2.45, 2.75) is 6.92 Å². The molecular weight excluding hydrogens is 273 g/mol. The molecule has 1 aromatic heterocycles. The fourth-order valence-corrected chi connectivity index (χ4v) is 1.82. The summed E-state index contributed by atoms with van der Waals surface area (Å²) in [6, 6.07) is 6.26. The van der Waals surface area contributed by atoms with E-state index >= 15 is 0 Å². The van der Waals surface area contributed by atoms with Crippen molar-refractivity contribution in [1.82, 2.24) is 15.0 Å². The van der Waals surface area contributed by atoms with Crippen LogP contribution < -0.4 is 21.1 Å². The summed E-state index contributed by atoms with van der Waals surface area (Å²) in [4.78, 5) is 16.3. The van der Waals surface area contributed by atoms with Gasteiger partial charge in [-0.2, -0.15) is 15.0 Å². The third-order valence-electron chi connectivity index (χ3n) is 2.82. The molecule has 0 fully saturated rings. The van der Waals surface area contributed by atoms with Gasteiger partial charge < -0.3 is 9.80 Å². The Hall–Kier alpha value is -2.48. The van der Waals surface area contributed by atoms with E-state index < -0.39 is 0 Å². The van der Waals surface area contributed by atoms with Crippen LogP contribution in [0, 0.1) is 5.82 Å². The lowest BCUT2D eigenvalue weighted by atomic mass is 10.3. The number of aromatic nitrogens is 3. The Labute approximate surface area is 122 Å². The summed E-state index contributed by atoms with van der Waals surface area (Å²) < 4.78 is 13.4. The van der Waals surface area contributed by atoms with E-state index in [2.05, 4.69) is 20.4 Å². The van der Waals surface area contributed by atoms with Gasteiger partial charge in [-0.1, -0.05) is 6.07 Å². The first-order chi connectivity index (χ1) is 10.0. The van der Waals surface area contributed by atoms with Crippen LogP contribution in [0.1, 0.15) is 6.92 Å². The molecule has 112 valence electrons.